The van der Waals surface area contributed by atoms with Gasteiger partial charge in [0.2, 0.25) is 5.91 Å². The highest BCUT2D eigenvalue weighted by atomic mass is 32.2. The van der Waals surface area contributed by atoms with Crippen LogP contribution < -0.4 is 0 Å². The lowest BCUT2D eigenvalue weighted by atomic mass is 10.1. The number of carbonyl (C=O) groups excluding carboxylic acids is 1. The molecule has 0 radical (unpaired) electrons. The van der Waals surface area contributed by atoms with Crippen LogP contribution in [0.25, 0.3) is 21.5 Å². The molecular formula is C23H23FN4OS2. The number of halogens is 1. The number of thiazole rings is 1. The molecule has 2 heterocycles. The molecule has 0 unspecified atom stereocenters. The first-order chi connectivity index (χ1) is 15.1. The Bertz CT molecular complexity index is 1120. The topological polar surface area (TPSA) is 61.9 Å². The zero-order valence-electron chi connectivity index (χ0n) is 17.2. The van der Waals surface area contributed by atoms with Gasteiger partial charge in [0.15, 0.2) is 0 Å². The van der Waals surface area contributed by atoms with Crippen molar-refractivity contribution in [2.45, 2.75) is 18.6 Å². The van der Waals surface area contributed by atoms with Gasteiger partial charge in [-0.2, -0.15) is 5.10 Å². The van der Waals surface area contributed by atoms with Crippen LogP contribution >= 0.6 is 23.1 Å². The molecule has 4 aromatic rings. The first-order valence-corrected chi connectivity index (χ1v) is 12.0. The van der Waals surface area contributed by atoms with Crippen LogP contribution in [-0.2, 0) is 17.0 Å². The van der Waals surface area contributed by atoms with Crippen molar-refractivity contribution in [3.8, 4) is 11.3 Å². The Hall–Kier alpha value is -2.71. The Morgan fingerprint density at radius 3 is 2.81 bits per heavy atom. The van der Waals surface area contributed by atoms with E-state index in [1.54, 1.807) is 40.1 Å². The summed E-state index contributed by atoms with van der Waals surface area (Å²) >= 11 is 3.29. The number of nitrogens with zero attached hydrogens (tertiary/aromatic N) is 3. The van der Waals surface area contributed by atoms with E-state index in [0.717, 1.165) is 46.1 Å². The highest BCUT2D eigenvalue weighted by Gasteiger charge is 2.11. The third-order valence-corrected chi connectivity index (χ3v) is 7.07. The predicted octanol–water partition coefficient (Wildman–Crippen LogP) is 5.15. The minimum absolute atomic E-state index is 0.128. The molecule has 0 saturated heterocycles. The van der Waals surface area contributed by atoms with Crippen LogP contribution in [0.2, 0.25) is 0 Å². The number of aromatic nitrogens is 3. The van der Waals surface area contributed by atoms with Gasteiger partial charge in [-0.3, -0.25) is 9.89 Å². The summed E-state index contributed by atoms with van der Waals surface area (Å²) < 4.78 is 14.2. The van der Waals surface area contributed by atoms with Gasteiger partial charge in [0.25, 0.3) is 0 Å². The Kier molecular flexibility index (Phi) is 6.99. The van der Waals surface area contributed by atoms with Gasteiger partial charge in [-0.25, -0.2) is 9.37 Å². The van der Waals surface area contributed by atoms with Gasteiger partial charge < -0.3 is 4.90 Å². The van der Waals surface area contributed by atoms with Crippen molar-refractivity contribution in [1.29, 1.82) is 0 Å². The standard InChI is InChI=1S/C23H23FN4OS2/c1-28(23(29)15-30-14-22-25-19-6-2-3-7-21(19)31-22)12-4-5-18-13-20(27-26-18)16-8-10-17(24)11-9-16/h2-3,6-11,13H,4-5,12,14-15H2,1H3,(H,26,27). The predicted molar refractivity (Wildman–Crippen MR) is 126 cm³/mol. The molecule has 1 amide bonds. The zero-order valence-corrected chi connectivity index (χ0v) is 18.8. The van der Waals surface area contributed by atoms with Gasteiger partial charge in [-0.15, -0.1) is 23.1 Å². The fraction of sp³-hybridized carbons (Fsp3) is 0.261. The van der Waals surface area contributed by atoms with Crippen LogP contribution in [-0.4, -0.2) is 45.3 Å². The highest BCUT2D eigenvalue weighted by molar-refractivity contribution is 7.99. The number of benzene rings is 2. The molecule has 31 heavy (non-hydrogen) atoms. The van der Waals surface area contributed by atoms with E-state index in [-0.39, 0.29) is 11.7 Å². The van der Waals surface area contributed by atoms with Crippen molar-refractivity contribution in [2.75, 3.05) is 19.3 Å². The third-order valence-electron chi connectivity index (χ3n) is 4.93. The second-order valence-electron chi connectivity index (χ2n) is 7.27. The molecule has 0 aliphatic rings. The van der Waals surface area contributed by atoms with Gasteiger partial charge in [0.05, 0.1) is 21.7 Å². The largest absolute Gasteiger partial charge is 0.345 e. The van der Waals surface area contributed by atoms with E-state index in [9.17, 15) is 9.18 Å². The molecule has 8 heteroatoms. The van der Waals surface area contributed by atoms with Crippen molar-refractivity contribution in [1.82, 2.24) is 20.1 Å². The minimum atomic E-state index is -0.259. The molecule has 5 nitrogen and oxygen atoms in total. The van der Waals surface area contributed by atoms with Gasteiger partial charge >= 0.3 is 0 Å². The summed E-state index contributed by atoms with van der Waals surface area (Å²) in [5.74, 6) is 1.07. The molecule has 0 aliphatic carbocycles. The summed E-state index contributed by atoms with van der Waals surface area (Å²) in [7, 11) is 1.84. The summed E-state index contributed by atoms with van der Waals surface area (Å²) in [5.41, 5.74) is 3.70. The number of hydrogen-bond acceptors (Lipinski definition) is 5. The molecule has 0 atom stereocenters. The van der Waals surface area contributed by atoms with Crippen LogP contribution in [0.1, 0.15) is 17.1 Å². The highest BCUT2D eigenvalue weighted by Crippen LogP contribution is 2.25. The first kappa shape index (κ1) is 21.5. The molecule has 1 N–H and O–H groups in total. The molecular weight excluding hydrogens is 431 g/mol. The average molecular weight is 455 g/mol. The lowest BCUT2D eigenvalue weighted by Crippen LogP contribution is -2.29. The summed E-state index contributed by atoms with van der Waals surface area (Å²) in [4.78, 5) is 18.8. The monoisotopic (exact) mass is 454 g/mol. The smallest absolute Gasteiger partial charge is 0.232 e. The number of para-hydroxylation sites is 1. The SMILES string of the molecule is CN(CCCc1cc(-c2ccc(F)cc2)n[nH]1)C(=O)CSCc1nc2ccccc2s1. The van der Waals surface area contributed by atoms with Crippen LogP contribution in [0.15, 0.2) is 54.6 Å². The van der Waals surface area contributed by atoms with Crippen molar-refractivity contribution in [3.63, 3.8) is 0 Å². The second kappa shape index (κ2) is 10.1. The number of thioether (sulfide) groups is 1. The molecule has 4 rings (SSSR count). The molecule has 0 spiro atoms. The Morgan fingerprint density at radius 2 is 2.00 bits per heavy atom. The van der Waals surface area contributed by atoms with Crippen molar-refractivity contribution in [3.05, 3.63) is 71.1 Å². The average Bonchev–Trinajstić information content (AvgIpc) is 3.41. The van der Waals surface area contributed by atoms with Crippen LogP contribution in [0.5, 0.6) is 0 Å². The van der Waals surface area contributed by atoms with Crippen LogP contribution in [0.3, 0.4) is 0 Å². The van der Waals surface area contributed by atoms with Crippen LogP contribution in [0, 0.1) is 5.82 Å². The zero-order chi connectivity index (χ0) is 21.6. The van der Waals surface area contributed by atoms with Gasteiger partial charge in [-0.05, 0) is 55.3 Å². The number of aromatic amines is 1. The number of aryl methyl sites for hydroxylation is 1. The molecule has 0 bridgehead atoms. The van der Waals surface area contributed by atoms with Crippen molar-refractivity contribution >= 4 is 39.2 Å². The summed E-state index contributed by atoms with van der Waals surface area (Å²) in [6.07, 6.45) is 1.64. The molecule has 2 aromatic heterocycles. The summed E-state index contributed by atoms with van der Waals surface area (Å²) in [6, 6.07) is 16.4. The van der Waals surface area contributed by atoms with Crippen molar-refractivity contribution < 1.29 is 9.18 Å². The normalized spacial score (nSPS) is 11.2. The van der Waals surface area contributed by atoms with Gasteiger partial charge in [-0.1, -0.05) is 12.1 Å². The van der Waals surface area contributed by atoms with E-state index in [1.165, 1.54) is 16.8 Å². The van der Waals surface area contributed by atoms with E-state index >= 15 is 0 Å². The lowest BCUT2D eigenvalue weighted by molar-refractivity contribution is -0.127. The molecule has 2 aromatic carbocycles. The number of hydrogen-bond donors (Lipinski definition) is 1. The van der Waals surface area contributed by atoms with Gasteiger partial charge in [0, 0.05) is 30.6 Å². The fourth-order valence-electron chi connectivity index (χ4n) is 3.21. The maximum Gasteiger partial charge on any atom is 0.232 e. The molecule has 0 fully saturated rings. The summed E-state index contributed by atoms with van der Waals surface area (Å²) in [5, 5.41) is 8.38. The molecule has 0 aliphatic heterocycles. The van der Waals surface area contributed by atoms with E-state index in [4.69, 9.17) is 0 Å². The maximum absolute atomic E-state index is 13.1. The Morgan fingerprint density at radius 1 is 1.19 bits per heavy atom. The lowest BCUT2D eigenvalue weighted by Gasteiger charge is -2.16. The van der Waals surface area contributed by atoms with Gasteiger partial charge in [0.1, 0.15) is 10.8 Å². The Balaban J connectivity index is 1.18. The fourth-order valence-corrected chi connectivity index (χ4v) is 5.19. The number of nitrogens with one attached hydrogen (secondary N) is 1. The number of rotatable bonds is 9. The van der Waals surface area contributed by atoms with E-state index in [1.807, 2.05) is 31.3 Å². The van der Waals surface area contributed by atoms with Crippen molar-refractivity contribution in [2.24, 2.45) is 0 Å². The first-order valence-electron chi connectivity index (χ1n) is 10.0. The van der Waals surface area contributed by atoms with E-state index in [0.29, 0.717) is 12.3 Å². The number of fused-ring (bicyclic) bond motifs is 1. The van der Waals surface area contributed by atoms with E-state index < -0.39 is 0 Å². The van der Waals surface area contributed by atoms with Crippen LogP contribution in [0.4, 0.5) is 4.39 Å². The molecule has 0 saturated carbocycles. The number of carbonyl (C=O) groups is 1. The number of H-pyrrole nitrogens is 1. The minimum Gasteiger partial charge on any atom is -0.345 e. The Labute approximate surface area is 188 Å². The second-order valence-corrected chi connectivity index (χ2v) is 9.37. The third kappa shape index (κ3) is 5.71. The number of amides is 1. The molecule has 160 valence electrons. The summed E-state index contributed by atoms with van der Waals surface area (Å²) in [6.45, 7) is 0.686. The quantitative estimate of drug-likeness (QED) is 0.380. The maximum atomic E-state index is 13.1. The van der Waals surface area contributed by atoms with E-state index in [2.05, 4.69) is 21.2 Å².